The van der Waals surface area contributed by atoms with Gasteiger partial charge in [-0.05, 0) is 113 Å². The van der Waals surface area contributed by atoms with E-state index in [1.165, 1.54) is 12.1 Å². The lowest BCUT2D eigenvalue weighted by molar-refractivity contribution is -0.144. The molecule has 0 amide bonds. The Bertz CT molecular complexity index is 1170. The second-order valence-electron chi connectivity index (χ2n) is 10.4. The largest absolute Gasteiger partial charge is 0.508 e. The van der Waals surface area contributed by atoms with Gasteiger partial charge in [-0.15, -0.1) is 0 Å². The van der Waals surface area contributed by atoms with Crippen LogP contribution in [0.1, 0.15) is 81.2 Å². The number of aliphatic carboxylic acids is 1. The fraction of sp³-hybridized carbons (Fsp3) is 0.484. The number of rotatable bonds is 4. The minimum Gasteiger partial charge on any atom is -0.508 e. The lowest BCUT2D eigenvalue weighted by atomic mass is 9.87. The monoisotopic (exact) mass is 544 g/mol. The standard InChI is InChI=1S/C15H20O4.C8H10O2.C7H10O2.CH4/c1-9-10(2)14-11(8-12(9)16)4-6-15(3,19-14)7-5-13(17)18;1-5-6(2)8(10)4-3-7(5)9;1-3-7(2)5-4-6(8)9-7;/h8,16H,4-7H2,1-3H3,(H,17,18);3-4,9-10H,1-2H3;3H,1,4-5H2,2H3;1H4. The summed E-state index contributed by atoms with van der Waals surface area (Å²) in [6.07, 6.45) is 5.17. The number of carboxylic acid groups (broad SMARTS) is 1. The van der Waals surface area contributed by atoms with Crippen LogP contribution in [0.25, 0.3) is 0 Å². The van der Waals surface area contributed by atoms with Crippen molar-refractivity contribution in [2.24, 2.45) is 0 Å². The van der Waals surface area contributed by atoms with Crippen LogP contribution in [-0.4, -0.2) is 43.6 Å². The summed E-state index contributed by atoms with van der Waals surface area (Å²) < 4.78 is 11.0. The lowest BCUT2D eigenvalue weighted by Gasteiger charge is -2.37. The van der Waals surface area contributed by atoms with E-state index in [9.17, 15) is 14.7 Å². The molecule has 2 aromatic rings. The molecule has 0 radical (unpaired) electrons. The van der Waals surface area contributed by atoms with Crippen LogP contribution in [0.4, 0.5) is 0 Å². The fourth-order valence-electron chi connectivity index (χ4n) is 4.16. The van der Waals surface area contributed by atoms with Crippen LogP contribution in [-0.2, 0) is 20.7 Å². The van der Waals surface area contributed by atoms with E-state index >= 15 is 0 Å². The van der Waals surface area contributed by atoms with Crippen LogP contribution in [0.2, 0.25) is 0 Å². The van der Waals surface area contributed by atoms with Crippen LogP contribution in [0.3, 0.4) is 0 Å². The zero-order chi connectivity index (χ0) is 28.8. The van der Waals surface area contributed by atoms with Crippen molar-refractivity contribution < 1.29 is 39.5 Å². The summed E-state index contributed by atoms with van der Waals surface area (Å²) >= 11 is 0. The van der Waals surface area contributed by atoms with Crippen molar-refractivity contribution in [1.29, 1.82) is 0 Å². The van der Waals surface area contributed by atoms with Gasteiger partial charge in [0.25, 0.3) is 0 Å². The summed E-state index contributed by atoms with van der Waals surface area (Å²) in [6.45, 7) is 14.7. The highest BCUT2D eigenvalue weighted by molar-refractivity contribution is 5.72. The third-order valence-corrected chi connectivity index (χ3v) is 7.36. The molecule has 39 heavy (non-hydrogen) atoms. The first-order valence-electron chi connectivity index (χ1n) is 12.7. The Labute approximate surface area is 231 Å². The molecule has 0 spiro atoms. The van der Waals surface area contributed by atoms with Crippen molar-refractivity contribution in [3.05, 3.63) is 58.7 Å². The van der Waals surface area contributed by atoms with Crippen LogP contribution >= 0.6 is 0 Å². The number of fused-ring (bicyclic) bond motifs is 1. The van der Waals surface area contributed by atoms with Gasteiger partial charge in [-0.3, -0.25) is 9.59 Å². The van der Waals surface area contributed by atoms with Gasteiger partial charge in [-0.25, -0.2) is 0 Å². The maximum absolute atomic E-state index is 10.7. The van der Waals surface area contributed by atoms with Gasteiger partial charge in [0.15, 0.2) is 0 Å². The molecule has 0 aromatic heterocycles. The Hall–Kier alpha value is -3.68. The Morgan fingerprint density at radius 2 is 1.46 bits per heavy atom. The molecular weight excluding hydrogens is 500 g/mol. The zero-order valence-electron chi connectivity index (χ0n) is 23.2. The number of hydrogen-bond acceptors (Lipinski definition) is 7. The second-order valence-corrected chi connectivity index (χ2v) is 10.4. The number of esters is 1. The molecule has 2 aliphatic heterocycles. The molecule has 1 fully saturated rings. The topological polar surface area (TPSA) is 134 Å². The van der Waals surface area contributed by atoms with E-state index < -0.39 is 11.6 Å². The average molecular weight is 545 g/mol. The van der Waals surface area contributed by atoms with Gasteiger partial charge in [0.05, 0.1) is 0 Å². The summed E-state index contributed by atoms with van der Waals surface area (Å²) in [5.41, 5.74) is 3.43. The third kappa shape index (κ3) is 8.67. The molecule has 2 heterocycles. The quantitative estimate of drug-likeness (QED) is 0.193. The lowest BCUT2D eigenvalue weighted by Crippen LogP contribution is -2.37. The zero-order valence-corrected chi connectivity index (χ0v) is 23.2. The Morgan fingerprint density at radius 3 is 1.90 bits per heavy atom. The first kappa shape index (κ1) is 33.3. The molecule has 4 N–H and O–H groups in total. The molecule has 4 rings (SSSR count). The Morgan fingerprint density at radius 1 is 0.923 bits per heavy atom. The predicted molar refractivity (Wildman–Crippen MR) is 152 cm³/mol. The van der Waals surface area contributed by atoms with E-state index in [4.69, 9.17) is 24.8 Å². The third-order valence-electron chi connectivity index (χ3n) is 7.36. The number of phenols is 3. The van der Waals surface area contributed by atoms with E-state index in [1.54, 1.807) is 26.0 Å². The van der Waals surface area contributed by atoms with Crippen molar-refractivity contribution >= 4 is 11.9 Å². The summed E-state index contributed by atoms with van der Waals surface area (Å²) in [6, 6.07) is 4.73. The highest BCUT2D eigenvalue weighted by atomic mass is 16.6. The van der Waals surface area contributed by atoms with Gasteiger partial charge in [0, 0.05) is 19.3 Å². The van der Waals surface area contributed by atoms with Gasteiger partial charge in [0.2, 0.25) is 0 Å². The van der Waals surface area contributed by atoms with Gasteiger partial charge in [-0.1, -0.05) is 14.0 Å². The smallest absolute Gasteiger partial charge is 0.306 e. The molecule has 0 aliphatic carbocycles. The van der Waals surface area contributed by atoms with Gasteiger partial charge < -0.3 is 29.9 Å². The van der Waals surface area contributed by atoms with Crippen molar-refractivity contribution in [2.45, 2.75) is 98.7 Å². The number of phenolic OH excluding ortho intramolecular Hbond substituents is 3. The SMILES string of the molecule is C.C=CC1(C)CCC(=O)O1.Cc1c(O)cc2c(c1C)OC(C)(CCC(=O)O)CC2.Cc1c(O)ccc(O)c1C. The number of carboxylic acids is 1. The predicted octanol–water partition coefficient (Wildman–Crippen LogP) is 6.58. The minimum atomic E-state index is -0.797. The van der Waals surface area contributed by atoms with Crippen LogP contribution in [0.15, 0.2) is 30.9 Å². The first-order valence-corrected chi connectivity index (χ1v) is 12.7. The Kier molecular flexibility index (Phi) is 11.5. The highest BCUT2D eigenvalue weighted by Crippen LogP contribution is 2.41. The Balaban J connectivity index is 0.000000321. The molecule has 2 unspecified atom stereocenters. The van der Waals surface area contributed by atoms with Crippen LogP contribution in [0, 0.1) is 27.7 Å². The molecule has 8 heteroatoms. The van der Waals surface area contributed by atoms with Crippen LogP contribution < -0.4 is 4.74 Å². The van der Waals surface area contributed by atoms with Crippen molar-refractivity contribution in [1.82, 2.24) is 0 Å². The van der Waals surface area contributed by atoms with Gasteiger partial charge >= 0.3 is 11.9 Å². The van der Waals surface area contributed by atoms with E-state index in [2.05, 4.69) is 6.58 Å². The summed E-state index contributed by atoms with van der Waals surface area (Å²) in [7, 11) is 0. The molecule has 0 bridgehead atoms. The van der Waals surface area contributed by atoms with Gasteiger partial charge in [-0.2, -0.15) is 0 Å². The highest BCUT2D eigenvalue weighted by Gasteiger charge is 2.34. The number of benzene rings is 2. The molecular formula is C31H44O8. The number of aromatic hydroxyl groups is 3. The summed E-state index contributed by atoms with van der Waals surface area (Å²) in [5, 5.41) is 36.9. The maximum Gasteiger partial charge on any atom is 0.306 e. The molecule has 216 valence electrons. The van der Waals surface area contributed by atoms with Crippen LogP contribution in [0.5, 0.6) is 23.0 Å². The fourth-order valence-corrected chi connectivity index (χ4v) is 4.16. The maximum atomic E-state index is 10.7. The molecule has 2 aliphatic rings. The van der Waals surface area contributed by atoms with Crippen molar-refractivity contribution in [3.8, 4) is 23.0 Å². The number of ether oxygens (including phenoxy) is 2. The second kappa shape index (κ2) is 13.4. The minimum absolute atomic E-state index is 0. The summed E-state index contributed by atoms with van der Waals surface area (Å²) in [4.78, 5) is 21.3. The molecule has 8 nitrogen and oxygen atoms in total. The number of aryl methyl sites for hydroxylation is 1. The van der Waals surface area contributed by atoms with E-state index in [0.29, 0.717) is 18.6 Å². The van der Waals surface area contributed by atoms with Crippen molar-refractivity contribution in [3.63, 3.8) is 0 Å². The van der Waals surface area contributed by atoms with Gasteiger partial charge in [0.1, 0.15) is 34.2 Å². The first-order chi connectivity index (χ1) is 17.6. The molecule has 2 atom stereocenters. The number of hydrogen-bond donors (Lipinski definition) is 4. The number of carbonyl (C=O) groups is 2. The number of carbonyl (C=O) groups excluding carboxylic acids is 1. The van der Waals surface area contributed by atoms with E-state index in [1.807, 2.05) is 27.7 Å². The van der Waals surface area contributed by atoms with Crippen molar-refractivity contribution in [2.75, 3.05) is 0 Å². The summed E-state index contributed by atoms with van der Waals surface area (Å²) in [5.74, 6) is 0.667. The normalized spacial score (nSPS) is 20.9. The molecule has 0 saturated carbocycles. The molecule has 1 saturated heterocycles. The van der Waals surface area contributed by atoms with E-state index in [0.717, 1.165) is 52.8 Å². The molecule has 2 aromatic carbocycles. The average Bonchev–Trinajstić information content (AvgIpc) is 3.23. The number of cyclic esters (lactones) is 1. The van der Waals surface area contributed by atoms with E-state index in [-0.39, 0.29) is 36.9 Å².